The van der Waals surface area contributed by atoms with Gasteiger partial charge in [-0.05, 0) is 133 Å². The highest BCUT2D eigenvalue weighted by Crippen LogP contribution is 2.44. The average Bonchev–Trinajstić information content (AvgIpc) is 3.19. The first kappa shape index (κ1) is 24.2. The molecule has 5 aromatic rings. The number of fused-ring (bicyclic) bond motifs is 3. The SMILES string of the molecule is Cc1ccc(-n2c3c(C)c(C)c(C)c(C)c3c3c(C)c(C)c(C)c(C)c32)c(-c2nc(C)nc(C)n2)c1. The lowest BCUT2D eigenvalue weighted by Gasteiger charge is -2.19. The van der Waals surface area contributed by atoms with Crippen LogP contribution in [0.2, 0.25) is 0 Å². The standard InChI is InChI=1S/C32H36N4/c1-15-12-13-27(26(14-15)32-34-24(10)33-25(11)35-32)36-30-22(8)18(4)16(2)20(6)28(30)29-21(7)17(3)19(5)23(9)31(29)36/h12-14H,1-11H3. The van der Waals surface area contributed by atoms with Gasteiger partial charge in [0.25, 0.3) is 0 Å². The molecule has 0 radical (unpaired) electrons. The van der Waals surface area contributed by atoms with E-state index in [-0.39, 0.29) is 0 Å². The first-order valence-electron chi connectivity index (χ1n) is 12.8. The molecule has 0 amide bonds. The maximum atomic E-state index is 4.78. The molecule has 0 N–H and O–H groups in total. The maximum absolute atomic E-state index is 4.78. The molecule has 0 saturated carbocycles. The summed E-state index contributed by atoms with van der Waals surface area (Å²) in [6.07, 6.45) is 0. The molecular weight excluding hydrogens is 440 g/mol. The van der Waals surface area contributed by atoms with Gasteiger partial charge >= 0.3 is 0 Å². The number of aryl methyl sites for hydroxylation is 7. The Kier molecular flexibility index (Phi) is 5.55. The van der Waals surface area contributed by atoms with Gasteiger partial charge in [0.05, 0.1) is 16.7 Å². The summed E-state index contributed by atoms with van der Waals surface area (Å²) in [5.74, 6) is 2.21. The second kappa shape index (κ2) is 8.26. The molecule has 184 valence electrons. The van der Waals surface area contributed by atoms with E-state index in [1.54, 1.807) is 0 Å². The van der Waals surface area contributed by atoms with E-state index in [4.69, 9.17) is 9.97 Å². The highest BCUT2D eigenvalue weighted by molar-refractivity contribution is 6.15. The Morgan fingerprint density at radius 1 is 0.500 bits per heavy atom. The van der Waals surface area contributed by atoms with Crippen molar-refractivity contribution in [3.63, 3.8) is 0 Å². The molecule has 0 aliphatic carbocycles. The van der Waals surface area contributed by atoms with Crippen LogP contribution in [0, 0.1) is 76.2 Å². The first-order chi connectivity index (χ1) is 16.9. The summed E-state index contributed by atoms with van der Waals surface area (Å²) in [7, 11) is 0. The van der Waals surface area contributed by atoms with Gasteiger partial charge in [-0.1, -0.05) is 11.6 Å². The monoisotopic (exact) mass is 476 g/mol. The topological polar surface area (TPSA) is 43.6 Å². The molecule has 0 fully saturated rings. The predicted octanol–water partition coefficient (Wildman–Crippen LogP) is 8.03. The van der Waals surface area contributed by atoms with Gasteiger partial charge < -0.3 is 4.57 Å². The third kappa shape index (κ3) is 3.31. The Morgan fingerprint density at radius 2 is 0.944 bits per heavy atom. The summed E-state index contributed by atoms with van der Waals surface area (Å²) < 4.78 is 2.50. The van der Waals surface area contributed by atoms with E-state index in [9.17, 15) is 0 Å². The molecule has 3 aromatic carbocycles. The Morgan fingerprint density at radius 3 is 1.42 bits per heavy atom. The van der Waals surface area contributed by atoms with E-state index in [2.05, 4.69) is 90.1 Å². The fourth-order valence-corrected chi connectivity index (χ4v) is 5.87. The van der Waals surface area contributed by atoms with Crippen molar-refractivity contribution in [2.24, 2.45) is 0 Å². The van der Waals surface area contributed by atoms with Crippen LogP contribution in [-0.2, 0) is 0 Å². The van der Waals surface area contributed by atoms with Crippen molar-refractivity contribution in [3.8, 4) is 17.1 Å². The van der Waals surface area contributed by atoms with Gasteiger partial charge in [-0.15, -0.1) is 0 Å². The average molecular weight is 477 g/mol. The summed E-state index contributed by atoms with van der Waals surface area (Å²) >= 11 is 0. The summed E-state index contributed by atoms with van der Waals surface area (Å²) in [6.45, 7) is 24.2. The van der Waals surface area contributed by atoms with Crippen LogP contribution in [-0.4, -0.2) is 19.5 Å². The normalized spacial score (nSPS) is 11.8. The molecule has 36 heavy (non-hydrogen) atoms. The molecule has 0 saturated heterocycles. The van der Waals surface area contributed by atoms with Crippen LogP contribution >= 0.6 is 0 Å². The highest BCUT2D eigenvalue weighted by atomic mass is 15.0. The molecular formula is C32H36N4. The number of aromatic nitrogens is 4. The summed E-state index contributed by atoms with van der Waals surface area (Å²) in [4.78, 5) is 14.0. The predicted molar refractivity (Wildman–Crippen MR) is 152 cm³/mol. The molecule has 0 spiro atoms. The summed E-state index contributed by atoms with van der Waals surface area (Å²) in [6, 6.07) is 6.66. The van der Waals surface area contributed by atoms with E-state index < -0.39 is 0 Å². The smallest absolute Gasteiger partial charge is 0.165 e. The fraction of sp³-hybridized carbons (Fsp3) is 0.344. The zero-order valence-electron chi connectivity index (χ0n) is 23.5. The fourth-order valence-electron chi connectivity index (χ4n) is 5.87. The van der Waals surface area contributed by atoms with Gasteiger partial charge in [0, 0.05) is 16.3 Å². The first-order valence-corrected chi connectivity index (χ1v) is 12.8. The van der Waals surface area contributed by atoms with Crippen LogP contribution in [0.4, 0.5) is 0 Å². The van der Waals surface area contributed by atoms with Crippen molar-refractivity contribution >= 4 is 21.8 Å². The quantitative estimate of drug-likeness (QED) is 0.259. The number of rotatable bonds is 2. The van der Waals surface area contributed by atoms with E-state index in [0.717, 1.165) is 28.7 Å². The van der Waals surface area contributed by atoms with Gasteiger partial charge in [-0.3, -0.25) is 0 Å². The van der Waals surface area contributed by atoms with E-state index in [1.807, 2.05) is 13.8 Å². The molecule has 5 rings (SSSR count). The number of hydrogen-bond acceptors (Lipinski definition) is 3. The molecule has 4 nitrogen and oxygen atoms in total. The third-order valence-corrected chi connectivity index (χ3v) is 8.50. The van der Waals surface area contributed by atoms with Gasteiger partial charge in [0.15, 0.2) is 5.82 Å². The van der Waals surface area contributed by atoms with Crippen LogP contribution in [0.15, 0.2) is 18.2 Å². The van der Waals surface area contributed by atoms with Gasteiger partial charge in [-0.2, -0.15) is 0 Å². The lowest BCUT2D eigenvalue weighted by Crippen LogP contribution is -2.05. The molecule has 2 heterocycles. The molecule has 0 atom stereocenters. The molecule has 4 heteroatoms. The minimum Gasteiger partial charge on any atom is -0.308 e. The van der Waals surface area contributed by atoms with Crippen LogP contribution in [0.25, 0.3) is 38.9 Å². The second-order valence-corrected chi connectivity index (χ2v) is 10.6. The Labute approximate surface area is 214 Å². The Hall–Kier alpha value is -3.53. The zero-order chi connectivity index (χ0) is 26.2. The summed E-state index contributed by atoms with van der Waals surface area (Å²) in [5.41, 5.74) is 16.8. The molecule has 0 bridgehead atoms. The minimum absolute atomic E-state index is 0.727. The van der Waals surface area contributed by atoms with Crippen molar-refractivity contribution in [1.82, 2.24) is 19.5 Å². The van der Waals surface area contributed by atoms with Gasteiger partial charge in [-0.25, -0.2) is 15.0 Å². The van der Waals surface area contributed by atoms with Crippen molar-refractivity contribution in [1.29, 1.82) is 0 Å². The minimum atomic E-state index is 0.727. The van der Waals surface area contributed by atoms with Crippen LogP contribution in [0.3, 0.4) is 0 Å². The molecule has 0 aliphatic rings. The highest BCUT2D eigenvalue weighted by Gasteiger charge is 2.25. The molecule has 0 unspecified atom stereocenters. The Balaban J connectivity index is 2.10. The van der Waals surface area contributed by atoms with E-state index >= 15 is 0 Å². The van der Waals surface area contributed by atoms with Gasteiger partial charge in [0.2, 0.25) is 0 Å². The second-order valence-electron chi connectivity index (χ2n) is 10.6. The zero-order valence-corrected chi connectivity index (χ0v) is 23.5. The lowest BCUT2D eigenvalue weighted by atomic mass is 9.90. The number of benzene rings is 3. The van der Waals surface area contributed by atoms with Crippen molar-refractivity contribution in [2.75, 3.05) is 0 Å². The van der Waals surface area contributed by atoms with Crippen molar-refractivity contribution < 1.29 is 0 Å². The van der Waals surface area contributed by atoms with Crippen LogP contribution in [0.5, 0.6) is 0 Å². The van der Waals surface area contributed by atoms with Crippen LogP contribution < -0.4 is 0 Å². The van der Waals surface area contributed by atoms with Crippen LogP contribution in [0.1, 0.15) is 61.7 Å². The number of nitrogens with zero attached hydrogens (tertiary/aromatic N) is 4. The van der Waals surface area contributed by atoms with E-state index in [0.29, 0.717) is 0 Å². The van der Waals surface area contributed by atoms with Crippen molar-refractivity contribution in [3.05, 3.63) is 79.9 Å². The Bertz CT molecular complexity index is 1640. The number of hydrogen-bond donors (Lipinski definition) is 0. The van der Waals surface area contributed by atoms with E-state index in [1.165, 1.54) is 71.9 Å². The molecule has 2 aromatic heterocycles. The lowest BCUT2D eigenvalue weighted by molar-refractivity contribution is 0.926. The van der Waals surface area contributed by atoms with Gasteiger partial charge in [0.1, 0.15) is 11.6 Å². The molecule has 0 aliphatic heterocycles. The largest absolute Gasteiger partial charge is 0.308 e. The third-order valence-electron chi connectivity index (χ3n) is 8.50. The van der Waals surface area contributed by atoms with Crippen molar-refractivity contribution in [2.45, 2.75) is 76.2 Å². The summed E-state index contributed by atoms with van der Waals surface area (Å²) in [5, 5.41) is 2.73. The maximum Gasteiger partial charge on any atom is 0.165 e.